The Morgan fingerprint density at radius 2 is 1.67 bits per heavy atom. The first kappa shape index (κ1) is 20.3. The molecule has 0 aliphatic carbocycles. The van der Waals surface area contributed by atoms with Crippen LogP contribution in [0.3, 0.4) is 0 Å². The summed E-state index contributed by atoms with van der Waals surface area (Å²) >= 11 is 0. The molecular formula is C27H18N2O4. The van der Waals surface area contributed by atoms with Gasteiger partial charge in [-0.25, -0.2) is 4.98 Å². The van der Waals surface area contributed by atoms with Gasteiger partial charge in [-0.05, 0) is 42.0 Å². The Bertz CT molecular complexity index is 1570. The number of fused-ring (bicyclic) bond motifs is 2. The van der Waals surface area contributed by atoms with Crippen molar-refractivity contribution in [3.05, 3.63) is 112 Å². The fourth-order valence-corrected chi connectivity index (χ4v) is 3.51. The first-order chi connectivity index (χ1) is 16.2. The average Bonchev–Trinajstić information content (AvgIpc) is 2.86. The van der Waals surface area contributed by atoms with Crippen LogP contribution in [0.25, 0.3) is 21.9 Å². The van der Waals surface area contributed by atoms with Crippen LogP contribution in [0.15, 0.2) is 94.1 Å². The minimum atomic E-state index is -0.244. The highest BCUT2D eigenvalue weighted by molar-refractivity contribution is 5.78. The third kappa shape index (κ3) is 4.53. The van der Waals surface area contributed by atoms with Crippen LogP contribution in [-0.2, 0) is 13.2 Å². The lowest BCUT2D eigenvalue weighted by Crippen LogP contribution is -2.02. The van der Waals surface area contributed by atoms with Gasteiger partial charge in [-0.15, -0.1) is 0 Å². The molecule has 2 aromatic heterocycles. The van der Waals surface area contributed by atoms with Crippen molar-refractivity contribution in [2.24, 2.45) is 0 Å². The average molecular weight is 434 g/mol. The van der Waals surface area contributed by atoms with Crippen LogP contribution in [0.1, 0.15) is 17.0 Å². The Kier molecular flexibility index (Phi) is 5.44. The van der Waals surface area contributed by atoms with Crippen molar-refractivity contribution >= 4 is 21.9 Å². The number of ether oxygens (including phenoxy) is 2. The molecule has 0 radical (unpaired) electrons. The largest absolute Gasteiger partial charge is 0.489 e. The van der Waals surface area contributed by atoms with Gasteiger partial charge >= 0.3 is 0 Å². The number of nitriles is 1. The summed E-state index contributed by atoms with van der Waals surface area (Å²) in [6.45, 7) is 0.616. The molecule has 2 heterocycles. The third-order valence-corrected chi connectivity index (χ3v) is 5.16. The number of hydrogen-bond donors (Lipinski definition) is 0. The van der Waals surface area contributed by atoms with Gasteiger partial charge in [0.25, 0.3) is 0 Å². The van der Waals surface area contributed by atoms with Crippen molar-refractivity contribution in [3.63, 3.8) is 0 Å². The van der Waals surface area contributed by atoms with E-state index in [-0.39, 0.29) is 17.8 Å². The Balaban J connectivity index is 1.26. The molecule has 5 aromatic rings. The normalized spacial score (nSPS) is 10.8. The van der Waals surface area contributed by atoms with Gasteiger partial charge in [-0.2, -0.15) is 5.26 Å². The molecule has 0 atom stereocenters. The molecule has 5 rings (SSSR count). The van der Waals surface area contributed by atoms with E-state index in [1.165, 1.54) is 6.07 Å². The number of rotatable bonds is 6. The fraction of sp³-hybridized carbons (Fsp3) is 0.0741. The van der Waals surface area contributed by atoms with Gasteiger partial charge in [-0.3, -0.25) is 4.79 Å². The van der Waals surface area contributed by atoms with Crippen molar-refractivity contribution < 1.29 is 13.9 Å². The number of hydrogen-bond acceptors (Lipinski definition) is 6. The van der Waals surface area contributed by atoms with E-state index in [9.17, 15) is 4.79 Å². The second kappa shape index (κ2) is 8.85. The molecule has 0 amide bonds. The van der Waals surface area contributed by atoms with E-state index >= 15 is 0 Å². The Hall–Kier alpha value is -4.63. The standard InChI is InChI=1S/C27H18N2O4/c28-15-23-14-26(30)24-11-8-18(12-27(24)33-23)16-31-21-5-3-6-22(13-21)32-17-20-10-9-19-4-1-2-7-25(19)29-20/h1-14H,16-17H2. The molecule has 3 aromatic carbocycles. The van der Waals surface area contributed by atoms with E-state index in [1.807, 2.05) is 66.7 Å². The molecule has 0 fully saturated rings. The van der Waals surface area contributed by atoms with E-state index in [1.54, 1.807) is 18.2 Å². The van der Waals surface area contributed by atoms with Crippen LogP contribution in [0.4, 0.5) is 0 Å². The molecule has 0 N–H and O–H groups in total. The van der Waals surface area contributed by atoms with E-state index in [4.69, 9.17) is 19.2 Å². The van der Waals surface area contributed by atoms with Crippen LogP contribution in [-0.4, -0.2) is 4.98 Å². The Morgan fingerprint density at radius 3 is 2.52 bits per heavy atom. The van der Waals surface area contributed by atoms with Crippen LogP contribution in [0.5, 0.6) is 11.5 Å². The smallest absolute Gasteiger partial charge is 0.207 e. The minimum Gasteiger partial charge on any atom is -0.489 e. The number of benzene rings is 3. The van der Waals surface area contributed by atoms with Gasteiger partial charge in [0.15, 0.2) is 5.43 Å². The lowest BCUT2D eigenvalue weighted by molar-refractivity contribution is 0.288. The number of para-hydroxylation sites is 1. The summed E-state index contributed by atoms with van der Waals surface area (Å²) in [4.78, 5) is 16.7. The number of nitrogens with zero attached hydrogens (tertiary/aromatic N) is 2. The molecule has 0 saturated heterocycles. The molecule has 0 spiro atoms. The highest BCUT2D eigenvalue weighted by Crippen LogP contribution is 2.23. The molecular weight excluding hydrogens is 416 g/mol. The molecule has 0 unspecified atom stereocenters. The molecule has 33 heavy (non-hydrogen) atoms. The second-order valence-corrected chi connectivity index (χ2v) is 7.46. The quantitative estimate of drug-likeness (QED) is 0.357. The van der Waals surface area contributed by atoms with E-state index in [2.05, 4.69) is 4.98 Å². The van der Waals surface area contributed by atoms with Crippen molar-refractivity contribution in [2.45, 2.75) is 13.2 Å². The second-order valence-electron chi connectivity index (χ2n) is 7.46. The maximum absolute atomic E-state index is 12.1. The maximum Gasteiger partial charge on any atom is 0.207 e. The van der Waals surface area contributed by atoms with Crippen molar-refractivity contribution in [2.75, 3.05) is 0 Å². The summed E-state index contributed by atoms with van der Waals surface area (Å²) in [7, 11) is 0. The van der Waals surface area contributed by atoms with Crippen molar-refractivity contribution in [3.8, 4) is 17.6 Å². The molecule has 0 aliphatic heterocycles. The Morgan fingerprint density at radius 1 is 0.848 bits per heavy atom. The van der Waals surface area contributed by atoms with Gasteiger partial charge in [0.2, 0.25) is 5.76 Å². The van der Waals surface area contributed by atoms with E-state index in [0.717, 1.165) is 22.2 Å². The van der Waals surface area contributed by atoms with Crippen LogP contribution < -0.4 is 14.9 Å². The summed E-state index contributed by atoms with van der Waals surface area (Å²) in [5.74, 6) is 1.30. The first-order valence-electron chi connectivity index (χ1n) is 10.4. The highest BCUT2D eigenvalue weighted by Gasteiger charge is 2.07. The lowest BCUT2D eigenvalue weighted by Gasteiger charge is -2.10. The van der Waals surface area contributed by atoms with E-state index in [0.29, 0.717) is 29.1 Å². The lowest BCUT2D eigenvalue weighted by atomic mass is 10.1. The third-order valence-electron chi connectivity index (χ3n) is 5.16. The summed E-state index contributed by atoms with van der Waals surface area (Å²) < 4.78 is 17.3. The minimum absolute atomic E-state index is 0.0173. The van der Waals surface area contributed by atoms with Crippen molar-refractivity contribution in [1.29, 1.82) is 5.26 Å². The molecule has 160 valence electrons. The summed E-state index contributed by atoms with van der Waals surface area (Å²) in [5.41, 5.74) is 2.71. The molecule has 0 bridgehead atoms. The molecule has 6 nitrogen and oxygen atoms in total. The predicted molar refractivity (Wildman–Crippen MR) is 124 cm³/mol. The van der Waals surface area contributed by atoms with Crippen molar-refractivity contribution in [1.82, 2.24) is 4.98 Å². The van der Waals surface area contributed by atoms with Gasteiger partial charge < -0.3 is 13.9 Å². The van der Waals surface area contributed by atoms with E-state index < -0.39 is 0 Å². The summed E-state index contributed by atoms with van der Waals surface area (Å²) in [6, 6.07) is 27.6. The Labute approximate surface area is 189 Å². The predicted octanol–water partition coefficient (Wildman–Crippen LogP) is 5.37. The first-order valence-corrected chi connectivity index (χ1v) is 10.4. The zero-order valence-corrected chi connectivity index (χ0v) is 17.5. The number of aromatic nitrogens is 1. The monoisotopic (exact) mass is 434 g/mol. The zero-order valence-electron chi connectivity index (χ0n) is 17.5. The van der Waals surface area contributed by atoms with Crippen LogP contribution in [0, 0.1) is 11.3 Å². The van der Waals surface area contributed by atoms with Crippen LogP contribution in [0.2, 0.25) is 0 Å². The highest BCUT2D eigenvalue weighted by atomic mass is 16.5. The van der Waals surface area contributed by atoms with Gasteiger partial charge in [0.05, 0.1) is 16.6 Å². The zero-order chi connectivity index (χ0) is 22.6. The number of pyridine rings is 1. The van der Waals surface area contributed by atoms with Gasteiger partial charge in [0.1, 0.15) is 36.4 Å². The van der Waals surface area contributed by atoms with Crippen LogP contribution >= 0.6 is 0 Å². The SMILES string of the molecule is N#Cc1cc(=O)c2ccc(COc3cccc(OCc4ccc5ccccc5n4)c3)cc2o1. The topological polar surface area (TPSA) is 85.4 Å². The molecule has 0 aliphatic rings. The fourth-order valence-electron chi connectivity index (χ4n) is 3.51. The van der Waals surface area contributed by atoms with Gasteiger partial charge in [-0.1, -0.05) is 36.4 Å². The summed E-state index contributed by atoms with van der Waals surface area (Å²) in [5, 5.41) is 10.5. The maximum atomic E-state index is 12.1. The molecule has 0 saturated carbocycles. The van der Waals surface area contributed by atoms with Gasteiger partial charge in [0, 0.05) is 17.5 Å². The molecule has 6 heteroatoms. The summed E-state index contributed by atoms with van der Waals surface area (Å²) in [6.07, 6.45) is 0.